The van der Waals surface area contributed by atoms with E-state index in [1.54, 1.807) is 18.9 Å². The van der Waals surface area contributed by atoms with Gasteiger partial charge in [0.25, 0.3) is 5.91 Å². The number of thioether (sulfide) groups is 1. The summed E-state index contributed by atoms with van der Waals surface area (Å²) in [5.41, 5.74) is 2.40. The molecule has 0 bridgehead atoms. The molecule has 0 aromatic heterocycles. The molecular weight excluding hydrogens is 436 g/mol. The highest BCUT2D eigenvalue weighted by Crippen LogP contribution is 2.46. The molecule has 0 saturated carbocycles. The van der Waals surface area contributed by atoms with E-state index in [-0.39, 0.29) is 17.7 Å². The molecule has 1 aromatic carbocycles. The number of carbonyl (C=O) groups is 2. The van der Waals surface area contributed by atoms with Gasteiger partial charge >= 0.3 is 0 Å². The Hall–Kier alpha value is -2.61. The second kappa shape index (κ2) is 9.71. The maximum Gasteiger partial charge on any atom is 0.261 e. The number of ether oxygens (including phenoxy) is 1. The predicted octanol–water partition coefficient (Wildman–Crippen LogP) is 4.04. The molecule has 174 valence electrons. The number of hydrogen-bond donors (Lipinski definition) is 0. The minimum atomic E-state index is -0.242. The van der Waals surface area contributed by atoms with E-state index < -0.39 is 0 Å². The number of carbonyl (C=O) groups excluding carboxylic acids is 2. The maximum atomic E-state index is 12.8. The van der Waals surface area contributed by atoms with Gasteiger partial charge in [-0.1, -0.05) is 18.2 Å². The van der Waals surface area contributed by atoms with E-state index in [2.05, 4.69) is 22.0 Å². The highest BCUT2D eigenvalue weighted by atomic mass is 32.2. The molecule has 8 heteroatoms. The average Bonchev–Trinajstić information content (AvgIpc) is 3.04. The van der Waals surface area contributed by atoms with Crippen LogP contribution in [0.1, 0.15) is 44.9 Å². The molecule has 7 nitrogen and oxygen atoms in total. The Morgan fingerprint density at radius 1 is 1.06 bits per heavy atom. The van der Waals surface area contributed by atoms with Gasteiger partial charge in [0, 0.05) is 44.7 Å². The smallest absolute Gasteiger partial charge is 0.261 e. The van der Waals surface area contributed by atoms with Gasteiger partial charge < -0.3 is 14.5 Å². The van der Waals surface area contributed by atoms with Crippen LogP contribution in [0.4, 0.5) is 5.69 Å². The second-order valence-corrected chi connectivity index (χ2v) is 10.0. The number of benzene rings is 1. The number of allylic oxidation sites excluding steroid dienone is 1. The number of anilines is 1. The van der Waals surface area contributed by atoms with Gasteiger partial charge in [-0.2, -0.15) is 4.99 Å². The Bertz CT molecular complexity index is 1020. The van der Waals surface area contributed by atoms with Crippen molar-refractivity contribution in [1.82, 2.24) is 4.90 Å². The minimum Gasteiger partial charge on any atom is -0.497 e. The van der Waals surface area contributed by atoms with E-state index >= 15 is 0 Å². The van der Waals surface area contributed by atoms with Crippen LogP contribution in [0.3, 0.4) is 0 Å². The summed E-state index contributed by atoms with van der Waals surface area (Å²) in [5, 5.41) is 0.887. The summed E-state index contributed by atoms with van der Waals surface area (Å²) < 4.78 is 5.23. The Kier molecular flexibility index (Phi) is 6.53. The van der Waals surface area contributed by atoms with E-state index in [1.165, 1.54) is 23.3 Å². The molecule has 1 atom stereocenters. The third-order valence-electron chi connectivity index (χ3n) is 6.89. The van der Waals surface area contributed by atoms with Crippen molar-refractivity contribution in [3.05, 3.63) is 34.7 Å². The fraction of sp³-hybridized carbons (Fsp3) is 0.520. The van der Waals surface area contributed by atoms with Crippen molar-refractivity contribution in [2.45, 2.75) is 44.9 Å². The Morgan fingerprint density at radius 3 is 2.58 bits per heavy atom. The first-order valence-corrected chi connectivity index (χ1v) is 12.7. The van der Waals surface area contributed by atoms with Crippen LogP contribution in [-0.4, -0.2) is 60.9 Å². The van der Waals surface area contributed by atoms with Crippen LogP contribution in [-0.2, 0) is 9.59 Å². The molecule has 3 heterocycles. The van der Waals surface area contributed by atoms with Crippen LogP contribution >= 0.6 is 11.8 Å². The van der Waals surface area contributed by atoms with Crippen LogP contribution in [0.25, 0.3) is 0 Å². The fourth-order valence-corrected chi connectivity index (χ4v) is 6.38. The van der Waals surface area contributed by atoms with Crippen molar-refractivity contribution in [2.75, 3.05) is 38.2 Å². The van der Waals surface area contributed by atoms with Gasteiger partial charge in [0.05, 0.1) is 12.2 Å². The fourth-order valence-electron chi connectivity index (χ4n) is 5.02. The third-order valence-corrected chi connectivity index (χ3v) is 8.14. The van der Waals surface area contributed by atoms with E-state index in [1.807, 2.05) is 17.0 Å². The summed E-state index contributed by atoms with van der Waals surface area (Å²) in [5.74, 6) is 1.13. The first-order valence-electron chi connectivity index (χ1n) is 11.9. The van der Waals surface area contributed by atoms with Crippen molar-refractivity contribution < 1.29 is 14.3 Å². The van der Waals surface area contributed by atoms with Crippen molar-refractivity contribution in [3.8, 4) is 5.75 Å². The average molecular weight is 467 g/mol. The number of rotatable bonds is 5. The molecule has 1 aromatic rings. The van der Waals surface area contributed by atoms with Gasteiger partial charge in [0.15, 0.2) is 0 Å². The number of nitrogens with zero attached hydrogens (tertiary/aromatic N) is 4. The van der Waals surface area contributed by atoms with E-state index in [0.717, 1.165) is 48.8 Å². The predicted molar refractivity (Wildman–Crippen MR) is 132 cm³/mol. The quantitative estimate of drug-likeness (QED) is 0.655. The zero-order valence-electron chi connectivity index (χ0n) is 19.1. The van der Waals surface area contributed by atoms with Crippen molar-refractivity contribution >= 4 is 40.1 Å². The molecule has 0 radical (unpaired) electrons. The highest BCUT2D eigenvalue weighted by molar-refractivity contribution is 8.17. The molecule has 1 aliphatic carbocycles. The van der Waals surface area contributed by atoms with Crippen LogP contribution in [0.5, 0.6) is 5.75 Å². The molecule has 3 aliphatic heterocycles. The molecule has 0 spiro atoms. The van der Waals surface area contributed by atoms with Crippen molar-refractivity contribution in [2.24, 2.45) is 15.9 Å². The monoisotopic (exact) mass is 466 g/mol. The molecule has 2 amide bonds. The molecule has 5 rings (SSSR count). The number of aliphatic imine (C=N–C) groups is 2. The Labute approximate surface area is 199 Å². The van der Waals surface area contributed by atoms with Gasteiger partial charge in [-0.15, -0.1) is 0 Å². The van der Waals surface area contributed by atoms with Gasteiger partial charge in [-0.05, 0) is 60.4 Å². The lowest BCUT2D eigenvalue weighted by Crippen LogP contribution is -2.48. The first-order chi connectivity index (χ1) is 16.1. The normalized spacial score (nSPS) is 22.9. The zero-order chi connectivity index (χ0) is 22.8. The number of amides is 2. The van der Waals surface area contributed by atoms with Crippen molar-refractivity contribution in [3.63, 3.8) is 0 Å². The van der Waals surface area contributed by atoms with E-state index in [0.29, 0.717) is 31.8 Å². The van der Waals surface area contributed by atoms with Crippen LogP contribution in [0, 0.1) is 5.92 Å². The summed E-state index contributed by atoms with van der Waals surface area (Å²) >= 11 is 1.68. The number of hydrogen-bond acceptors (Lipinski definition) is 6. The van der Waals surface area contributed by atoms with Crippen LogP contribution in [0.2, 0.25) is 0 Å². The number of piperazine rings is 1. The summed E-state index contributed by atoms with van der Waals surface area (Å²) in [6, 6.07) is 8.02. The lowest BCUT2D eigenvalue weighted by Gasteiger charge is -2.36. The SMILES string of the molecule is COc1ccc(N2CCN(C(=O)CCC3=NC(=O)C4C(=N3)SC3=C4CCCCC3)CC2)cc1. The van der Waals surface area contributed by atoms with Crippen LogP contribution < -0.4 is 9.64 Å². The number of amidine groups is 1. The second-order valence-electron chi connectivity index (χ2n) is 8.93. The highest BCUT2D eigenvalue weighted by Gasteiger charge is 2.40. The first kappa shape index (κ1) is 22.2. The number of methoxy groups -OCH3 is 1. The minimum absolute atomic E-state index is 0.0880. The van der Waals surface area contributed by atoms with Gasteiger partial charge in [-0.25, -0.2) is 4.99 Å². The molecule has 1 unspecified atom stereocenters. The van der Waals surface area contributed by atoms with Gasteiger partial charge in [0.2, 0.25) is 5.91 Å². The molecule has 33 heavy (non-hydrogen) atoms. The topological polar surface area (TPSA) is 74.6 Å². The van der Waals surface area contributed by atoms with Crippen molar-refractivity contribution in [1.29, 1.82) is 0 Å². The van der Waals surface area contributed by atoms with E-state index in [9.17, 15) is 9.59 Å². The lowest BCUT2D eigenvalue weighted by molar-refractivity contribution is -0.131. The summed E-state index contributed by atoms with van der Waals surface area (Å²) in [6.07, 6.45) is 6.37. The van der Waals surface area contributed by atoms with Gasteiger partial charge in [0.1, 0.15) is 17.5 Å². The molecular formula is C25H30N4O3S. The number of fused-ring (bicyclic) bond motifs is 2. The standard InChI is InChI=1S/C25H30N4O3S/c1-32-18-9-7-17(8-10-18)28-13-15-29(16-14-28)22(30)12-11-21-26-24(31)23-19-5-3-2-4-6-20(19)33-25(23)27-21/h7-10,23H,2-6,11-16H2,1H3. The molecule has 0 N–H and O–H groups in total. The molecule has 1 fully saturated rings. The van der Waals surface area contributed by atoms with Gasteiger partial charge in [-0.3, -0.25) is 9.59 Å². The molecule has 1 saturated heterocycles. The summed E-state index contributed by atoms with van der Waals surface area (Å²) in [6.45, 7) is 2.99. The Balaban J connectivity index is 1.13. The third kappa shape index (κ3) is 4.71. The summed E-state index contributed by atoms with van der Waals surface area (Å²) in [7, 11) is 1.66. The van der Waals surface area contributed by atoms with Crippen LogP contribution in [0.15, 0.2) is 44.7 Å². The Morgan fingerprint density at radius 2 is 1.82 bits per heavy atom. The van der Waals surface area contributed by atoms with E-state index in [4.69, 9.17) is 9.73 Å². The lowest BCUT2D eigenvalue weighted by atomic mass is 9.94. The summed E-state index contributed by atoms with van der Waals surface area (Å²) in [4.78, 5) is 40.1. The maximum absolute atomic E-state index is 12.8. The zero-order valence-corrected chi connectivity index (χ0v) is 19.9. The molecule has 4 aliphatic rings. The largest absolute Gasteiger partial charge is 0.497 e.